The zero-order chi connectivity index (χ0) is 32.5. The highest BCUT2D eigenvalue weighted by Crippen LogP contribution is 2.31. The summed E-state index contributed by atoms with van der Waals surface area (Å²) in [5.74, 6) is -0.784. The molecule has 0 saturated heterocycles. The molecule has 46 heavy (non-hydrogen) atoms. The van der Waals surface area contributed by atoms with Gasteiger partial charge in [-0.25, -0.2) is 8.42 Å². The number of nitrogens with zero attached hydrogens (tertiary/aromatic N) is 2. The summed E-state index contributed by atoms with van der Waals surface area (Å²) in [6.45, 7) is -0.466. The number of carbonyl (C=O) groups is 2. The van der Waals surface area contributed by atoms with E-state index >= 15 is 0 Å². The van der Waals surface area contributed by atoms with E-state index in [1.807, 2.05) is 54.6 Å². The molecule has 1 N–H and O–H groups in total. The van der Waals surface area contributed by atoms with Crippen LogP contribution < -0.4 is 9.62 Å². The van der Waals surface area contributed by atoms with Crippen LogP contribution in [0.4, 0.5) is 5.69 Å². The lowest BCUT2D eigenvalue weighted by Gasteiger charge is -2.35. The molecule has 0 unspecified atom stereocenters. The van der Waals surface area contributed by atoms with Gasteiger partial charge in [-0.05, 0) is 60.4 Å². The van der Waals surface area contributed by atoms with Crippen molar-refractivity contribution in [2.75, 3.05) is 10.8 Å². The Labute approximate surface area is 284 Å². The molecule has 1 aliphatic carbocycles. The Morgan fingerprint density at radius 1 is 0.826 bits per heavy atom. The molecule has 0 heterocycles. The lowest BCUT2D eigenvalue weighted by atomic mass is 9.94. The van der Waals surface area contributed by atoms with Crippen molar-refractivity contribution < 1.29 is 18.0 Å². The minimum atomic E-state index is -4.22. The molecule has 7 nitrogen and oxygen atoms in total. The number of benzene rings is 4. The molecule has 5 rings (SSSR count). The fourth-order valence-electron chi connectivity index (χ4n) is 5.82. The van der Waals surface area contributed by atoms with E-state index in [2.05, 4.69) is 21.2 Å². The molecule has 4 aromatic carbocycles. The summed E-state index contributed by atoms with van der Waals surface area (Å²) in [5, 5.41) is 3.41. The van der Waals surface area contributed by atoms with E-state index in [1.54, 1.807) is 42.5 Å². The third kappa shape index (κ3) is 8.57. The van der Waals surface area contributed by atoms with Crippen molar-refractivity contribution in [3.05, 3.63) is 130 Å². The predicted octanol–water partition coefficient (Wildman–Crippen LogP) is 7.39. The topological polar surface area (TPSA) is 86.8 Å². The zero-order valence-electron chi connectivity index (χ0n) is 25.4. The minimum absolute atomic E-state index is 0.0251. The molecule has 1 fully saturated rings. The lowest BCUT2D eigenvalue weighted by molar-refractivity contribution is -0.140. The Hall–Kier alpha value is -3.66. The highest BCUT2D eigenvalue weighted by molar-refractivity contribution is 9.10. The number of sulfonamides is 1. The maximum atomic E-state index is 14.6. The smallest absolute Gasteiger partial charge is 0.264 e. The van der Waals surface area contributed by atoms with Gasteiger partial charge >= 0.3 is 0 Å². The normalized spacial score (nSPS) is 14.3. The van der Waals surface area contributed by atoms with Gasteiger partial charge in [-0.1, -0.05) is 120 Å². The highest BCUT2D eigenvalue weighted by atomic mass is 79.9. The Morgan fingerprint density at radius 2 is 1.46 bits per heavy atom. The van der Waals surface area contributed by atoms with E-state index in [1.165, 1.54) is 17.0 Å². The Morgan fingerprint density at radius 3 is 2.13 bits per heavy atom. The van der Waals surface area contributed by atoms with Crippen LogP contribution in [-0.2, 0) is 32.6 Å². The summed E-state index contributed by atoms with van der Waals surface area (Å²) >= 11 is 10.1. The van der Waals surface area contributed by atoms with Crippen molar-refractivity contribution in [3.8, 4) is 0 Å². The van der Waals surface area contributed by atoms with Gasteiger partial charge in [0.1, 0.15) is 12.6 Å². The van der Waals surface area contributed by atoms with Crippen LogP contribution in [-0.4, -0.2) is 43.8 Å². The van der Waals surface area contributed by atoms with E-state index in [0.29, 0.717) is 0 Å². The first-order chi connectivity index (χ1) is 22.2. The average Bonchev–Trinajstić information content (AvgIpc) is 3.07. The first kappa shape index (κ1) is 33.7. The predicted molar refractivity (Wildman–Crippen MR) is 186 cm³/mol. The molecule has 0 bridgehead atoms. The summed E-state index contributed by atoms with van der Waals surface area (Å²) < 4.78 is 30.1. The summed E-state index contributed by atoms with van der Waals surface area (Å²) in [7, 11) is -4.22. The van der Waals surface area contributed by atoms with E-state index in [9.17, 15) is 18.0 Å². The molecule has 1 atom stereocenters. The Balaban J connectivity index is 1.56. The van der Waals surface area contributed by atoms with Gasteiger partial charge < -0.3 is 10.2 Å². The van der Waals surface area contributed by atoms with E-state index < -0.39 is 28.5 Å². The van der Waals surface area contributed by atoms with Crippen molar-refractivity contribution >= 4 is 55.1 Å². The Kier molecular flexibility index (Phi) is 11.5. The van der Waals surface area contributed by atoms with Gasteiger partial charge in [0.2, 0.25) is 11.8 Å². The summed E-state index contributed by atoms with van der Waals surface area (Å²) in [6, 6.07) is 30.7. The van der Waals surface area contributed by atoms with Crippen molar-refractivity contribution in [1.82, 2.24) is 10.2 Å². The van der Waals surface area contributed by atoms with E-state index in [4.69, 9.17) is 11.6 Å². The molecule has 2 amide bonds. The lowest BCUT2D eigenvalue weighted by Crippen LogP contribution is -2.55. The van der Waals surface area contributed by atoms with Crippen LogP contribution in [0.15, 0.2) is 119 Å². The fraction of sp³-hybridized carbons (Fsp3) is 0.278. The van der Waals surface area contributed by atoms with Crippen LogP contribution in [0.25, 0.3) is 0 Å². The van der Waals surface area contributed by atoms with Gasteiger partial charge in [-0.15, -0.1) is 0 Å². The van der Waals surface area contributed by atoms with Gasteiger partial charge in [0.05, 0.1) is 15.6 Å². The Bertz CT molecular complexity index is 1730. The largest absolute Gasteiger partial charge is 0.352 e. The molecule has 1 saturated carbocycles. The number of para-hydroxylation sites is 1. The summed E-state index contributed by atoms with van der Waals surface area (Å²) in [4.78, 5) is 30.3. The van der Waals surface area contributed by atoms with Crippen molar-refractivity contribution in [1.29, 1.82) is 0 Å². The summed E-state index contributed by atoms with van der Waals surface area (Å²) in [5.41, 5.74) is 1.86. The second kappa shape index (κ2) is 15.8. The van der Waals surface area contributed by atoms with Crippen molar-refractivity contribution in [2.45, 2.75) is 62.0 Å². The number of nitrogens with one attached hydrogen (secondary N) is 1. The van der Waals surface area contributed by atoms with E-state index in [0.717, 1.165) is 52.0 Å². The third-order valence-corrected chi connectivity index (χ3v) is 10.8. The van der Waals surface area contributed by atoms with Gasteiger partial charge in [0, 0.05) is 23.5 Å². The van der Waals surface area contributed by atoms with Crippen LogP contribution >= 0.6 is 27.5 Å². The van der Waals surface area contributed by atoms with Crippen LogP contribution in [0.1, 0.15) is 43.2 Å². The highest BCUT2D eigenvalue weighted by Gasteiger charge is 2.36. The van der Waals surface area contributed by atoms with Crippen LogP contribution in [0, 0.1) is 0 Å². The molecular weight excluding hydrogens is 686 g/mol. The summed E-state index contributed by atoms with van der Waals surface area (Å²) in [6.07, 6.45) is 5.26. The number of amides is 2. The molecule has 0 aromatic heterocycles. The van der Waals surface area contributed by atoms with Gasteiger partial charge in [0.25, 0.3) is 10.0 Å². The molecule has 0 spiro atoms. The SMILES string of the molecule is O=C(NC1CCCCC1)[C@@H](Cc1ccccc1)N(Cc1cccc(Br)c1)C(=O)CN(c1ccccc1Cl)S(=O)(=O)c1ccccc1. The second-order valence-electron chi connectivity index (χ2n) is 11.5. The molecule has 10 heteroatoms. The van der Waals surface area contributed by atoms with Crippen molar-refractivity contribution in [2.24, 2.45) is 0 Å². The number of hydrogen-bond donors (Lipinski definition) is 1. The van der Waals surface area contributed by atoms with Crippen LogP contribution in [0.2, 0.25) is 5.02 Å². The minimum Gasteiger partial charge on any atom is -0.352 e. The van der Waals surface area contributed by atoms with Crippen molar-refractivity contribution in [3.63, 3.8) is 0 Å². The molecule has 4 aromatic rings. The van der Waals surface area contributed by atoms with E-state index in [-0.39, 0.29) is 40.5 Å². The van der Waals surface area contributed by atoms with Gasteiger partial charge in [0.15, 0.2) is 0 Å². The number of halogens is 2. The fourth-order valence-corrected chi connectivity index (χ4v) is 8.01. The number of rotatable bonds is 12. The number of anilines is 1. The first-order valence-electron chi connectivity index (χ1n) is 15.4. The van der Waals surface area contributed by atoms with Gasteiger partial charge in [-0.2, -0.15) is 0 Å². The van der Waals surface area contributed by atoms with Gasteiger partial charge in [-0.3, -0.25) is 13.9 Å². The van der Waals surface area contributed by atoms with Crippen LogP contribution in [0.3, 0.4) is 0 Å². The second-order valence-corrected chi connectivity index (χ2v) is 14.7. The third-order valence-electron chi connectivity index (χ3n) is 8.20. The maximum Gasteiger partial charge on any atom is 0.264 e. The quantitative estimate of drug-likeness (QED) is 0.165. The molecule has 1 aliphatic rings. The zero-order valence-corrected chi connectivity index (χ0v) is 28.6. The number of carbonyl (C=O) groups excluding carboxylic acids is 2. The average molecular weight is 723 g/mol. The standard InChI is InChI=1S/C36H37BrClN3O4S/c37-29-16-12-15-28(23-29)25-40(34(24-27-13-4-1-5-14-27)36(43)39-30-17-6-2-7-18-30)35(42)26-41(33-22-11-10-21-32(33)38)46(44,45)31-19-8-3-9-20-31/h1,3-5,8-16,19-23,30,34H,2,6-7,17-18,24-26H2,(H,39,43)/t34-/m1/s1. The van der Waals surface area contributed by atoms with Crippen LogP contribution in [0.5, 0.6) is 0 Å². The molecular formula is C36H37BrClN3O4S. The molecule has 0 radical (unpaired) electrons. The number of hydrogen-bond acceptors (Lipinski definition) is 4. The maximum absolute atomic E-state index is 14.6. The first-order valence-corrected chi connectivity index (χ1v) is 18.0. The molecule has 240 valence electrons. The monoisotopic (exact) mass is 721 g/mol. The molecule has 0 aliphatic heterocycles.